The first-order valence-corrected chi connectivity index (χ1v) is 8.30. The van der Waals surface area contributed by atoms with Crippen LogP contribution in [0.4, 0.5) is 11.4 Å². The third-order valence-corrected chi connectivity index (χ3v) is 4.31. The van der Waals surface area contributed by atoms with Crippen LogP contribution in [0.5, 0.6) is 0 Å². The fourth-order valence-corrected chi connectivity index (χ4v) is 3.12. The summed E-state index contributed by atoms with van der Waals surface area (Å²) in [6.07, 6.45) is 4.06. The molecule has 0 bridgehead atoms. The van der Waals surface area contributed by atoms with Crippen LogP contribution in [0.25, 0.3) is 0 Å². The largest absolute Gasteiger partial charge is 0.383 e. The number of unbranched alkanes of at least 4 members (excludes halogenated alkanes) is 1. The molecule has 1 saturated heterocycles. The van der Waals surface area contributed by atoms with Gasteiger partial charge in [-0.1, -0.05) is 12.1 Å². The Balaban J connectivity index is 1.53. The number of hydrogen-bond acceptors (Lipinski definition) is 4. The Morgan fingerprint density at radius 3 is 3.00 bits per heavy atom. The van der Waals surface area contributed by atoms with E-state index >= 15 is 0 Å². The van der Waals surface area contributed by atoms with Crippen molar-refractivity contribution in [2.75, 3.05) is 43.0 Å². The van der Waals surface area contributed by atoms with Gasteiger partial charge < -0.3 is 20.3 Å². The lowest BCUT2D eigenvalue weighted by Gasteiger charge is -2.25. The number of hydrogen-bond donors (Lipinski definition) is 2. The van der Waals surface area contributed by atoms with Gasteiger partial charge in [-0.05, 0) is 31.4 Å². The lowest BCUT2D eigenvalue weighted by molar-refractivity contribution is -0.118. The molecule has 1 atom stereocenters. The number of para-hydroxylation sites is 2. The molecule has 5 heteroatoms. The van der Waals surface area contributed by atoms with Crippen molar-refractivity contribution in [1.82, 2.24) is 5.32 Å². The molecule has 2 aliphatic rings. The van der Waals surface area contributed by atoms with Crippen molar-refractivity contribution in [3.05, 3.63) is 24.3 Å². The van der Waals surface area contributed by atoms with E-state index in [0.717, 1.165) is 56.9 Å². The number of nitrogens with one attached hydrogen (secondary N) is 2. The molecule has 2 N–H and O–H groups in total. The Labute approximate surface area is 132 Å². The summed E-state index contributed by atoms with van der Waals surface area (Å²) in [7, 11) is 0. The Kier molecular flexibility index (Phi) is 5.29. The number of amides is 1. The third kappa shape index (κ3) is 3.78. The lowest BCUT2D eigenvalue weighted by Crippen LogP contribution is -2.38. The van der Waals surface area contributed by atoms with E-state index < -0.39 is 0 Å². The second-order valence-electron chi connectivity index (χ2n) is 5.93. The summed E-state index contributed by atoms with van der Waals surface area (Å²) in [5.41, 5.74) is 2.08. The van der Waals surface area contributed by atoms with Gasteiger partial charge in [0.2, 0.25) is 5.91 Å². The zero-order chi connectivity index (χ0) is 15.2. The predicted octanol–water partition coefficient (Wildman–Crippen LogP) is 1.99. The second-order valence-corrected chi connectivity index (χ2v) is 5.93. The number of nitrogens with zero attached hydrogens (tertiary/aromatic N) is 1. The van der Waals surface area contributed by atoms with E-state index in [2.05, 4.69) is 10.6 Å². The minimum Gasteiger partial charge on any atom is -0.383 e. The summed E-state index contributed by atoms with van der Waals surface area (Å²) >= 11 is 0. The fourth-order valence-electron chi connectivity index (χ4n) is 3.12. The maximum atomic E-state index is 12.3. The van der Waals surface area contributed by atoms with Crippen molar-refractivity contribution in [3.63, 3.8) is 0 Å². The molecule has 0 radical (unpaired) electrons. The topological polar surface area (TPSA) is 53.6 Å². The summed E-state index contributed by atoms with van der Waals surface area (Å²) in [5.74, 6) is 0.216. The number of anilines is 2. The van der Waals surface area contributed by atoms with Gasteiger partial charge in [0.05, 0.1) is 24.1 Å². The molecular weight excluding hydrogens is 278 g/mol. The molecule has 2 heterocycles. The van der Waals surface area contributed by atoms with Crippen molar-refractivity contribution in [2.45, 2.75) is 31.8 Å². The zero-order valence-corrected chi connectivity index (χ0v) is 13.0. The molecule has 5 nitrogen and oxygen atoms in total. The average molecular weight is 303 g/mol. The van der Waals surface area contributed by atoms with E-state index in [9.17, 15) is 4.79 Å². The summed E-state index contributed by atoms with van der Waals surface area (Å²) in [5, 5.41) is 6.69. The van der Waals surface area contributed by atoms with Gasteiger partial charge in [-0.3, -0.25) is 4.79 Å². The smallest absolute Gasteiger partial charge is 0.228 e. The highest BCUT2D eigenvalue weighted by Gasteiger charge is 2.21. The Hall–Kier alpha value is -1.59. The molecule has 2 aliphatic heterocycles. The number of carbonyl (C=O) groups excluding carboxylic acids is 1. The van der Waals surface area contributed by atoms with Crippen LogP contribution in [0.1, 0.15) is 25.7 Å². The third-order valence-electron chi connectivity index (χ3n) is 4.31. The van der Waals surface area contributed by atoms with Crippen LogP contribution in [-0.4, -0.2) is 44.8 Å². The first kappa shape index (κ1) is 15.3. The van der Waals surface area contributed by atoms with Crippen LogP contribution in [0, 0.1) is 0 Å². The molecule has 0 aromatic heterocycles. The molecule has 1 aromatic carbocycles. The molecule has 1 fully saturated rings. The maximum absolute atomic E-state index is 12.3. The van der Waals surface area contributed by atoms with Gasteiger partial charge in [0.25, 0.3) is 0 Å². The first-order chi connectivity index (χ1) is 10.8. The Morgan fingerprint density at radius 2 is 2.14 bits per heavy atom. The van der Waals surface area contributed by atoms with Crippen molar-refractivity contribution >= 4 is 17.3 Å². The summed E-state index contributed by atoms with van der Waals surface area (Å²) < 4.78 is 5.71. The molecule has 22 heavy (non-hydrogen) atoms. The van der Waals surface area contributed by atoms with Crippen molar-refractivity contribution in [2.24, 2.45) is 0 Å². The molecule has 0 saturated carbocycles. The van der Waals surface area contributed by atoms with Gasteiger partial charge in [-0.25, -0.2) is 0 Å². The molecule has 1 aromatic rings. The van der Waals surface area contributed by atoms with Gasteiger partial charge >= 0.3 is 0 Å². The van der Waals surface area contributed by atoms with E-state index in [1.54, 1.807) is 0 Å². The van der Waals surface area contributed by atoms with Gasteiger partial charge in [-0.15, -0.1) is 0 Å². The second kappa shape index (κ2) is 7.61. The van der Waals surface area contributed by atoms with Crippen molar-refractivity contribution < 1.29 is 9.53 Å². The predicted molar refractivity (Wildman–Crippen MR) is 88.4 cm³/mol. The number of rotatable bonds is 5. The molecule has 120 valence electrons. The fraction of sp³-hybridized carbons (Fsp3) is 0.588. The minimum atomic E-state index is 0.216. The van der Waals surface area contributed by atoms with E-state index in [1.807, 2.05) is 29.2 Å². The van der Waals surface area contributed by atoms with Gasteiger partial charge in [0.1, 0.15) is 0 Å². The van der Waals surface area contributed by atoms with Crippen LogP contribution >= 0.6 is 0 Å². The van der Waals surface area contributed by atoms with Crippen molar-refractivity contribution in [1.29, 1.82) is 0 Å². The number of carbonyl (C=O) groups is 1. The Bertz CT molecular complexity index is 500. The molecule has 1 amide bonds. The molecule has 3 rings (SSSR count). The van der Waals surface area contributed by atoms with Gasteiger partial charge in [0.15, 0.2) is 0 Å². The first-order valence-electron chi connectivity index (χ1n) is 8.30. The van der Waals surface area contributed by atoms with Crippen LogP contribution in [0.15, 0.2) is 24.3 Å². The number of benzene rings is 1. The zero-order valence-electron chi connectivity index (χ0n) is 13.0. The molecule has 0 aliphatic carbocycles. The monoisotopic (exact) mass is 303 g/mol. The van der Waals surface area contributed by atoms with E-state index in [4.69, 9.17) is 4.74 Å². The van der Waals surface area contributed by atoms with E-state index in [1.165, 1.54) is 0 Å². The molecule has 0 spiro atoms. The highest BCUT2D eigenvalue weighted by atomic mass is 16.5. The highest BCUT2D eigenvalue weighted by molar-refractivity contribution is 5.98. The SMILES string of the molecule is O=C1CCNc2ccccc2N1CCCCC1CNCCO1. The normalized spacial score (nSPS) is 21.9. The number of ether oxygens (including phenoxy) is 1. The van der Waals surface area contributed by atoms with Crippen LogP contribution in [0.2, 0.25) is 0 Å². The average Bonchev–Trinajstić information content (AvgIpc) is 2.71. The molecule has 1 unspecified atom stereocenters. The Morgan fingerprint density at radius 1 is 1.23 bits per heavy atom. The minimum absolute atomic E-state index is 0.216. The summed E-state index contributed by atoms with van der Waals surface area (Å²) in [4.78, 5) is 14.3. The van der Waals surface area contributed by atoms with Crippen LogP contribution in [-0.2, 0) is 9.53 Å². The number of morpholine rings is 1. The standard InChI is InChI=1S/C17H25N3O2/c21-17-8-9-19-15-6-1-2-7-16(15)20(17)11-4-3-5-14-13-18-10-12-22-14/h1-2,6-7,14,18-19H,3-5,8-13H2. The van der Waals surface area contributed by atoms with E-state index in [0.29, 0.717) is 19.1 Å². The van der Waals surface area contributed by atoms with Gasteiger partial charge in [-0.2, -0.15) is 0 Å². The van der Waals surface area contributed by atoms with E-state index in [-0.39, 0.29) is 5.91 Å². The maximum Gasteiger partial charge on any atom is 0.228 e. The van der Waals surface area contributed by atoms with Crippen LogP contribution < -0.4 is 15.5 Å². The highest BCUT2D eigenvalue weighted by Crippen LogP contribution is 2.28. The molecular formula is C17H25N3O2. The lowest BCUT2D eigenvalue weighted by atomic mass is 10.1. The number of fused-ring (bicyclic) bond motifs is 1. The quantitative estimate of drug-likeness (QED) is 0.817. The van der Waals surface area contributed by atoms with Crippen LogP contribution in [0.3, 0.4) is 0 Å². The van der Waals surface area contributed by atoms with Crippen molar-refractivity contribution in [3.8, 4) is 0 Å². The van der Waals surface area contributed by atoms with Gasteiger partial charge in [0, 0.05) is 32.6 Å². The summed E-state index contributed by atoms with van der Waals surface area (Å²) in [6.45, 7) is 4.23. The summed E-state index contributed by atoms with van der Waals surface area (Å²) in [6, 6.07) is 8.07.